The Balaban J connectivity index is 1.54. The zero-order valence-corrected chi connectivity index (χ0v) is 15.1. The van der Waals surface area contributed by atoms with Crippen molar-refractivity contribution in [1.29, 1.82) is 0 Å². The largest absolute Gasteiger partial charge is 0.339 e. The minimum absolute atomic E-state index is 0.0194. The maximum Gasteiger partial charge on any atom is 0.227 e. The van der Waals surface area contributed by atoms with Crippen LogP contribution in [0, 0.1) is 0 Å². The zero-order chi connectivity index (χ0) is 18.5. The molecule has 2 aromatic rings. The number of rotatable bonds is 4. The third-order valence-corrected chi connectivity index (χ3v) is 4.62. The van der Waals surface area contributed by atoms with E-state index in [1.165, 1.54) is 6.92 Å². The maximum absolute atomic E-state index is 12.5. The Labute approximate surface area is 153 Å². The molecule has 0 spiro atoms. The quantitative estimate of drug-likeness (QED) is 0.830. The summed E-state index contributed by atoms with van der Waals surface area (Å²) in [5.41, 5.74) is 1.77. The number of aromatic nitrogens is 2. The van der Waals surface area contributed by atoms with Crippen LogP contribution in [0.5, 0.6) is 0 Å². The van der Waals surface area contributed by atoms with Crippen LogP contribution < -0.4 is 9.80 Å². The summed E-state index contributed by atoms with van der Waals surface area (Å²) in [7, 11) is 1.73. The zero-order valence-electron chi connectivity index (χ0n) is 15.1. The Morgan fingerprint density at radius 2 is 1.65 bits per heavy atom. The summed E-state index contributed by atoms with van der Waals surface area (Å²) in [6.45, 7) is 4.33. The fraction of sp³-hybridized carbons (Fsp3) is 0.368. The molecule has 7 nitrogen and oxygen atoms in total. The van der Waals surface area contributed by atoms with Gasteiger partial charge in [-0.05, 0) is 23.8 Å². The number of nitrogens with zero attached hydrogens (tertiary/aromatic N) is 5. The molecule has 2 amide bonds. The highest BCUT2D eigenvalue weighted by Crippen LogP contribution is 2.16. The molecule has 136 valence electrons. The molecule has 1 aliphatic rings. The minimum atomic E-state index is -0.0194. The van der Waals surface area contributed by atoms with Crippen molar-refractivity contribution in [2.75, 3.05) is 43.0 Å². The fourth-order valence-electron chi connectivity index (χ4n) is 2.92. The molecule has 26 heavy (non-hydrogen) atoms. The van der Waals surface area contributed by atoms with E-state index in [0.717, 1.165) is 24.3 Å². The molecule has 1 aromatic heterocycles. The van der Waals surface area contributed by atoms with Crippen molar-refractivity contribution in [2.24, 2.45) is 0 Å². The summed E-state index contributed by atoms with van der Waals surface area (Å²) in [5.74, 6) is 0.810. The maximum atomic E-state index is 12.5. The van der Waals surface area contributed by atoms with Gasteiger partial charge in [0, 0.05) is 58.2 Å². The third kappa shape index (κ3) is 4.17. The highest BCUT2D eigenvalue weighted by atomic mass is 16.2. The van der Waals surface area contributed by atoms with Crippen LogP contribution in [0.25, 0.3) is 0 Å². The average Bonchev–Trinajstić information content (AvgIpc) is 2.68. The summed E-state index contributed by atoms with van der Waals surface area (Å²) in [6, 6.07) is 9.34. The molecule has 0 aliphatic carbocycles. The Morgan fingerprint density at radius 3 is 2.23 bits per heavy atom. The normalized spacial score (nSPS) is 14.2. The van der Waals surface area contributed by atoms with Crippen molar-refractivity contribution in [3.05, 3.63) is 48.3 Å². The molecule has 0 atom stereocenters. The molecular weight excluding hydrogens is 330 g/mol. The van der Waals surface area contributed by atoms with Crippen molar-refractivity contribution in [3.8, 4) is 0 Å². The molecule has 1 saturated heterocycles. The Kier molecular flexibility index (Phi) is 5.46. The molecule has 1 aliphatic heterocycles. The first kappa shape index (κ1) is 17.8. The number of anilines is 2. The lowest BCUT2D eigenvalue weighted by Crippen LogP contribution is -2.49. The fourth-order valence-corrected chi connectivity index (χ4v) is 2.92. The molecule has 7 heteroatoms. The second-order valence-electron chi connectivity index (χ2n) is 6.34. The average molecular weight is 353 g/mol. The van der Waals surface area contributed by atoms with Gasteiger partial charge in [0.2, 0.25) is 17.8 Å². The van der Waals surface area contributed by atoms with Gasteiger partial charge in [-0.1, -0.05) is 12.1 Å². The van der Waals surface area contributed by atoms with Crippen LogP contribution in [0.3, 0.4) is 0 Å². The van der Waals surface area contributed by atoms with E-state index in [9.17, 15) is 9.59 Å². The first-order valence-corrected chi connectivity index (χ1v) is 8.67. The number of piperazine rings is 1. The van der Waals surface area contributed by atoms with Gasteiger partial charge in [0.25, 0.3) is 0 Å². The van der Waals surface area contributed by atoms with Crippen LogP contribution in [-0.4, -0.2) is 59.9 Å². The molecule has 0 N–H and O–H groups in total. The number of carbonyl (C=O) groups excluding carboxylic acids is 2. The van der Waals surface area contributed by atoms with E-state index in [1.54, 1.807) is 30.4 Å². The van der Waals surface area contributed by atoms with Gasteiger partial charge in [0.05, 0.1) is 6.42 Å². The van der Waals surface area contributed by atoms with E-state index in [4.69, 9.17) is 0 Å². The van der Waals surface area contributed by atoms with Crippen LogP contribution in [0.4, 0.5) is 11.6 Å². The van der Waals surface area contributed by atoms with E-state index >= 15 is 0 Å². The van der Waals surface area contributed by atoms with E-state index in [0.29, 0.717) is 25.5 Å². The summed E-state index contributed by atoms with van der Waals surface area (Å²) in [5, 5.41) is 0. The molecule has 0 bridgehead atoms. The van der Waals surface area contributed by atoms with Gasteiger partial charge in [-0.25, -0.2) is 9.97 Å². The number of carbonyl (C=O) groups is 2. The van der Waals surface area contributed by atoms with Crippen LogP contribution >= 0.6 is 0 Å². The number of hydrogen-bond donors (Lipinski definition) is 0. The highest BCUT2D eigenvalue weighted by Gasteiger charge is 2.22. The van der Waals surface area contributed by atoms with E-state index < -0.39 is 0 Å². The molecule has 0 saturated carbocycles. The first-order chi connectivity index (χ1) is 12.5. The lowest BCUT2D eigenvalue weighted by molar-refractivity contribution is -0.130. The molecule has 2 heterocycles. The summed E-state index contributed by atoms with van der Waals surface area (Å²) < 4.78 is 0. The first-order valence-electron chi connectivity index (χ1n) is 8.67. The molecular formula is C19H23N5O2. The third-order valence-electron chi connectivity index (χ3n) is 4.62. The lowest BCUT2D eigenvalue weighted by atomic mass is 10.1. The number of hydrogen-bond acceptors (Lipinski definition) is 5. The Morgan fingerprint density at radius 1 is 1.04 bits per heavy atom. The molecule has 1 fully saturated rings. The van der Waals surface area contributed by atoms with Crippen molar-refractivity contribution < 1.29 is 9.59 Å². The van der Waals surface area contributed by atoms with Crippen LogP contribution in [-0.2, 0) is 16.0 Å². The van der Waals surface area contributed by atoms with E-state index in [-0.39, 0.29) is 11.8 Å². The summed E-state index contributed by atoms with van der Waals surface area (Å²) in [4.78, 5) is 38.0. The van der Waals surface area contributed by atoms with Gasteiger partial charge in [0.1, 0.15) is 0 Å². The van der Waals surface area contributed by atoms with Gasteiger partial charge in [-0.2, -0.15) is 0 Å². The van der Waals surface area contributed by atoms with Crippen LogP contribution in [0.15, 0.2) is 42.7 Å². The number of amides is 2. The minimum Gasteiger partial charge on any atom is -0.339 e. The smallest absolute Gasteiger partial charge is 0.227 e. The van der Waals surface area contributed by atoms with Crippen LogP contribution in [0.1, 0.15) is 12.5 Å². The van der Waals surface area contributed by atoms with Crippen molar-refractivity contribution in [3.63, 3.8) is 0 Å². The summed E-state index contributed by atoms with van der Waals surface area (Å²) >= 11 is 0. The Bertz CT molecular complexity index is 755. The van der Waals surface area contributed by atoms with E-state index in [2.05, 4.69) is 14.9 Å². The van der Waals surface area contributed by atoms with Gasteiger partial charge in [0.15, 0.2) is 0 Å². The molecule has 3 rings (SSSR count). The monoisotopic (exact) mass is 353 g/mol. The van der Waals surface area contributed by atoms with E-state index in [1.807, 2.05) is 29.2 Å². The highest BCUT2D eigenvalue weighted by molar-refractivity contribution is 5.90. The lowest BCUT2D eigenvalue weighted by Gasteiger charge is -2.34. The second kappa shape index (κ2) is 7.95. The standard InChI is InChI=1S/C19H23N5O2/c1-15(25)22(2)17-6-4-16(5-7-17)14-18(26)23-10-12-24(13-11-23)19-20-8-3-9-21-19/h3-9H,10-14H2,1-2H3. The van der Waals surface area contributed by atoms with Gasteiger partial charge in [-0.15, -0.1) is 0 Å². The molecule has 1 aromatic carbocycles. The van der Waals surface area contributed by atoms with Crippen molar-refractivity contribution in [2.45, 2.75) is 13.3 Å². The predicted octanol–water partition coefficient (Wildman–Crippen LogP) is 1.35. The van der Waals surface area contributed by atoms with Gasteiger partial charge < -0.3 is 14.7 Å². The topological polar surface area (TPSA) is 69.6 Å². The molecule has 0 unspecified atom stereocenters. The number of benzene rings is 1. The summed E-state index contributed by atoms with van der Waals surface area (Å²) in [6.07, 6.45) is 3.83. The Hall–Kier alpha value is -2.96. The predicted molar refractivity (Wildman–Crippen MR) is 100 cm³/mol. The van der Waals surface area contributed by atoms with Crippen LogP contribution in [0.2, 0.25) is 0 Å². The second-order valence-corrected chi connectivity index (χ2v) is 6.34. The SMILES string of the molecule is CC(=O)N(C)c1ccc(CC(=O)N2CCN(c3ncccn3)CC2)cc1. The van der Waals surface area contributed by atoms with Crippen molar-refractivity contribution >= 4 is 23.5 Å². The van der Waals surface area contributed by atoms with Crippen molar-refractivity contribution in [1.82, 2.24) is 14.9 Å². The molecule has 0 radical (unpaired) electrons. The van der Waals surface area contributed by atoms with Gasteiger partial charge in [-0.3, -0.25) is 9.59 Å². The van der Waals surface area contributed by atoms with Gasteiger partial charge >= 0.3 is 0 Å².